The first-order valence-corrected chi connectivity index (χ1v) is 10.4. The van der Waals surface area contributed by atoms with Crippen LogP contribution in [0.4, 0.5) is 10.5 Å². The molecule has 1 unspecified atom stereocenters. The molecule has 1 aromatic rings. The highest BCUT2D eigenvalue weighted by atomic mass is 16.3. The van der Waals surface area contributed by atoms with Gasteiger partial charge in [-0.2, -0.15) is 0 Å². The first kappa shape index (κ1) is 23.2. The van der Waals surface area contributed by atoms with E-state index in [1.54, 1.807) is 36.2 Å². The van der Waals surface area contributed by atoms with Crippen LogP contribution in [0.2, 0.25) is 0 Å². The van der Waals surface area contributed by atoms with Crippen molar-refractivity contribution in [2.45, 2.75) is 52.2 Å². The van der Waals surface area contributed by atoms with Gasteiger partial charge in [-0.1, -0.05) is 12.1 Å². The predicted octanol–water partition coefficient (Wildman–Crippen LogP) is 2.77. The quantitative estimate of drug-likeness (QED) is 0.681. The van der Waals surface area contributed by atoms with Gasteiger partial charge in [-0.3, -0.25) is 4.79 Å². The third-order valence-electron chi connectivity index (χ3n) is 5.01. The number of rotatable bonds is 6. The Morgan fingerprint density at radius 1 is 1.24 bits per heavy atom. The number of benzene rings is 1. The molecule has 162 valence electrons. The molecule has 29 heavy (non-hydrogen) atoms. The molecule has 3 N–H and O–H groups in total. The van der Waals surface area contributed by atoms with E-state index in [4.69, 9.17) is 0 Å². The molecule has 0 aromatic heterocycles. The summed E-state index contributed by atoms with van der Waals surface area (Å²) in [5, 5.41) is 15.3. The van der Waals surface area contributed by atoms with E-state index in [0.717, 1.165) is 25.9 Å². The highest BCUT2D eigenvalue weighted by molar-refractivity contribution is 6.03. The maximum absolute atomic E-state index is 12.7. The lowest BCUT2D eigenvalue weighted by molar-refractivity contribution is 0.0920. The summed E-state index contributed by atoms with van der Waals surface area (Å²) in [6, 6.07) is 6.85. The molecular weight excluding hydrogens is 368 g/mol. The lowest BCUT2D eigenvalue weighted by Gasteiger charge is -2.34. The van der Waals surface area contributed by atoms with Gasteiger partial charge in [0.1, 0.15) is 0 Å². The molecule has 1 atom stereocenters. The van der Waals surface area contributed by atoms with Crippen LogP contribution in [-0.2, 0) is 0 Å². The number of para-hydroxylation sites is 1. The first-order chi connectivity index (χ1) is 13.5. The van der Waals surface area contributed by atoms with Crippen LogP contribution >= 0.6 is 0 Å². The number of nitrogens with zero attached hydrogens (tertiary/aromatic N) is 2. The zero-order valence-corrected chi connectivity index (χ0v) is 18.4. The van der Waals surface area contributed by atoms with Crippen LogP contribution in [0.25, 0.3) is 0 Å². The molecule has 3 amide bonds. The number of likely N-dealkylation sites (tertiary alicyclic amines) is 1. The third-order valence-corrected chi connectivity index (χ3v) is 5.01. The summed E-state index contributed by atoms with van der Waals surface area (Å²) in [5.74, 6) is 0.233. The highest BCUT2D eigenvalue weighted by Crippen LogP contribution is 2.20. The van der Waals surface area contributed by atoms with E-state index in [-0.39, 0.29) is 23.6 Å². The molecule has 1 aromatic carbocycles. The van der Waals surface area contributed by atoms with Crippen molar-refractivity contribution in [3.8, 4) is 0 Å². The molecule has 1 aliphatic heterocycles. The zero-order valence-electron chi connectivity index (χ0n) is 18.4. The molecule has 1 fully saturated rings. The molecule has 1 heterocycles. The van der Waals surface area contributed by atoms with E-state index in [0.29, 0.717) is 30.3 Å². The average Bonchev–Trinajstić information content (AvgIpc) is 2.61. The maximum Gasteiger partial charge on any atom is 0.321 e. The number of anilines is 1. The van der Waals surface area contributed by atoms with E-state index in [2.05, 4.69) is 15.5 Å². The number of hydrogen-bond acceptors (Lipinski definition) is 4. The second-order valence-corrected chi connectivity index (χ2v) is 9.15. The minimum Gasteiger partial charge on any atom is -0.392 e. The fourth-order valence-corrected chi connectivity index (χ4v) is 3.60. The number of urea groups is 1. The molecule has 0 radical (unpaired) electrons. The molecule has 0 saturated carbocycles. The van der Waals surface area contributed by atoms with Crippen molar-refractivity contribution >= 4 is 17.6 Å². The number of piperidine rings is 1. The van der Waals surface area contributed by atoms with Crippen LogP contribution < -0.4 is 10.6 Å². The summed E-state index contributed by atoms with van der Waals surface area (Å²) >= 11 is 0. The molecular formula is C22H36N4O3. The number of aliphatic hydroxyl groups is 1. The summed E-state index contributed by atoms with van der Waals surface area (Å²) in [7, 11) is 1.79. The summed E-state index contributed by atoms with van der Waals surface area (Å²) < 4.78 is 0. The smallest absolute Gasteiger partial charge is 0.321 e. The Morgan fingerprint density at radius 2 is 1.86 bits per heavy atom. The largest absolute Gasteiger partial charge is 0.392 e. The molecule has 7 nitrogen and oxygen atoms in total. The minimum atomic E-state index is -0.353. The van der Waals surface area contributed by atoms with E-state index in [1.807, 2.05) is 27.7 Å². The van der Waals surface area contributed by atoms with Crippen LogP contribution in [0.15, 0.2) is 24.3 Å². The Balaban J connectivity index is 1.91. The van der Waals surface area contributed by atoms with E-state index in [9.17, 15) is 14.7 Å². The van der Waals surface area contributed by atoms with Crippen LogP contribution in [0, 0.1) is 5.92 Å². The SMILES string of the molecule is CC(O)CN1CCC(CN(C)C(=O)Nc2ccccc2C(=O)NC(C)(C)C)CC1. The lowest BCUT2D eigenvalue weighted by Crippen LogP contribution is -2.43. The molecule has 1 aliphatic rings. The van der Waals surface area contributed by atoms with Crippen molar-refractivity contribution in [3.05, 3.63) is 29.8 Å². The molecule has 0 aliphatic carbocycles. The van der Waals surface area contributed by atoms with Crippen molar-refractivity contribution in [2.24, 2.45) is 5.92 Å². The maximum atomic E-state index is 12.7. The highest BCUT2D eigenvalue weighted by Gasteiger charge is 2.24. The van der Waals surface area contributed by atoms with Gasteiger partial charge < -0.3 is 25.5 Å². The minimum absolute atomic E-state index is 0.207. The monoisotopic (exact) mass is 404 g/mol. The van der Waals surface area contributed by atoms with Crippen LogP contribution in [0.3, 0.4) is 0 Å². The van der Waals surface area contributed by atoms with Gasteiger partial charge in [0.05, 0.1) is 17.4 Å². The number of hydrogen-bond donors (Lipinski definition) is 3. The topological polar surface area (TPSA) is 84.9 Å². The number of β-amino-alcohol motifs (C(OH)–C–C–N with tert-alkyl or cyclic N) is 1. The van der Waals surface area contributed by atoms with Gasteiger partial charge in [0.15, 0.2) is 0 Å². The standard InChI is InChI=1S/C22H36N4O3/c1-16(27)14-26-12-10-17(11-13-26)15-25(5)21(29)23-19-9-7-6-8-18(19)20(28)24-22(2,3)4/h6-9,16-17,27H,10-15H2,1-5H3,(H,23,29)(H,24,28). The van der Waals surface area contributed by atoms with Crippen LogP contribution in [0.5, 0.6) is 0 Å². The van der Waals surface area contributed by atoms with E-state index >= 15 is 0 Å². The number of aliphatic hydroxyl groups excluding tert-OH is 1. The molecule has 1 saturated heterocycles. The predicted molar refractivity (Wildman–Crippen MR) is 116 cm³/mol. The van der Waals surface area contributed by atoms with Crippen molar-refractivity contribution in [3.63, 3.8) is 0 Å². The second kappa shape index (κ2) is 10.1. The summed E-state index contributed by atoms with van der Waals surface area (Å²) in [4.78, 5) is 29.2. The van der Waals surface area contributed by atoms with Gasteiger partial charge in [0, 0.05) is 25.7 Å². The number of carbonyl (C=O) groups is 2. The van der Waals surface area contributed by atoms with Crippen molar-refractivity contribution < 1.29 is 14.7 Å². The Kier molecular flexibility index (Phi) is 8.05. The van der Waals surface area contributed by atoms with Gasteiger partial charge in [-0.05, 0) is 71.7 Å². The molecule has 7 heteroatoms. The number of nitrogens with one attached hydrogen (secondary N) is 2. The number of amides is 3. The van der Waals surface area contributed by atoms with Gasteiger partial charge in [-0.15, -0.1) is 0 Å². The Bertz CT molecular complexity index is 692. The summed E-state index contributed by atoms with van der Waals surface area (Å²) in [5.41, 5.74) is 0.613. The average molecular weight is 405 g/mol. The van der Waals surface area contributed by atoms with Crippen molar-refractivity contribution in [1.29, 1.82) is 0 Å². The van der Waals surface area contributed by atoms with E-state index in [1.165, 1.54) is 0 Å². The van der Waals surface area contributed by atoms with Gasteiger partial charge in [0.25, 0.3) is 5.91 Å². The Morgan fingerprint density at radius 3 is 2.45 bits per heavy atom. The van der Waals surface area contributed by atoms with Gasteiger partial charge in [-0.25, -0.2) is 4.79 Å². The van der Waals surface area contributed by atoms with Gasteiger partial charge in [0.2, 0.25) is 0 Å². The third kappa shape index (κ3) is 7.66. The Labute approximate surface area is 174 Å². The first-order valence-electron chi connectivity index (χ1n) is 10.4. The molecule has 0 spiro atoms. The Hall–Kier alpha value is -2.12. The normalized spacial score (nSPS) is 16.9. The molecule has 0 bridgehead atoms. The molecule has 2 rings (SSSR count). The summed E-state index contributed by atoms with van der Waals surface area (Å²) in [6.45, 7) is 10.8. The number of carbonyl (C=O) groups excluding carboxylic acids is 2. The van der Waals surface area contributed by atoms with Gasteiger partial charge >= 0.3 is 6.03 Å². The van der Waals surface area contributed by atoms with Crippen LogP contribution in [-0.4, -0.2) is 71.7 Å². The van der Waals surface area contributed by atoms with Crippen molar-refractivity contribution in [2.75, 3.05) is 38.5 Å². The zero-order chi connectivity index (χ0) is 21.6. The fraction of sp³-hybridized carbons (Fsp3) is 0.636. The van der Waals surface area contributed by atoms with Crippen molar-refractivity contribution in [1.82, 2.24) is 15.1 Å². The van der Waals surface area contributed by atoms with E-state index < -0.39 is 0 Å². The fourth-order valence-electron chi connectivity index (χ4n) is 3.60. The van der Waals surface area contributed by atoms with Crippen LogP contribution in [0.1, 0.15) is 50.9 Å². The lowest BCUT2D eigenvalue weighted by atomic mass is 9.96. The summed E-state index contributed by atoms with van der Waals surface area (Å²) in [6.07, 6.45) is 1.71. The second-order valence-electron chi connectivity index (χ2n) is 9.15.